The Morgan fingerprint density at radius 2 is 1.69 bits per heavy atom. The Bertz CT molecular complexity index is 1090. The Morgan fingerprint density at radius 1 is 1.07 bits per heavy atom. The van der Waals surface area contributed by atoms with Gasteiger partial charge in [-0.15, -0.1) is 12.4 Å². The molecule has 0 bridgehead atoms. The number of aliphatic hydroxyl groups is 4. The summed E-state index contributed by atoms with van der Waals surface area (Å²) in [6.45, 7) is 2.73. The number of aromatic amines is 1. The second-order valence-electron chi connectivity index (χ2n) is 6.50. The predicted molar refractivity (Wildman–Crippen MR) is 110 cm³/mol. The molecule has 3 rings (SSSR count). The monoisotopic (exact) mass is 436 g/mol. The summed E-state index contributed by atoms with van der Waals surface area (Å²) in [5, 5.41) is 38.8. The van der Waals surface area contributed by atoms with Gasteiger partial charge in [-0.25, -0.2) is 9.78 Å². The summed E-state index contributed by atoms with van der Waals surface area (Å²) in [6, 6.07) is 3.53. The zero-order chi connectivity index (χ0) is 19.9. The van der Waals surface area contributed by atoms with Crippen LogP contribution in [0.15, 0.2) is 21.7 Å². The van der Waals surface area contributed by atoms with E-state index in [1.54, 1.807) is 12.1 Å². The topological polar surface area (TPSA) is 162 Å². The van der Waals surface area contributed by atoms with Crippen molar-refractivity contribution >= 4 is 53.0 Å². The molecule has 0 amide bonds. The molecule has 1 aromatic rings. The fourth-order valence-corrected chi connectivity index (χ4v) is 2.89. The molecular weight excluding hydrogens is 415 g/mol. The van der Waals surface area contributed by atoms with Crippen molar-refractivity contribution in [2.24, 2.45) is 0 Å². The van der Waals surface area contributed by atoms with Crippen LogP contribution in [-0.4, -0.2) is 94.4 Å². The SMILES string of the molecule is Cc1cc2nc3c(=O)[nH]c(=O)nc-3n(C[C@H](O)[C@H](O)[C@H](O)CO)c2cc1C.Cl.[NaH]. The van der Waals surface area contributed by atoms with Crippen LogP contribution in [0.3, 0.4) is 0 Å². The number of hydrogen-bond acceptors (Lipinski definition) is 8. The average molecular weight is 437 g/mol. The first-order chi connectivity index (χ1) is 12.7. The molecule has 29 heavy (non-hydrogen) atoms. The normalized spacial score (nSPS) is 14.1. The molecule has 12 heteroatoms. The van der Waals surface area contributed by atoms with Crippen molar-refractivity contribution in [1.82, 2.24) is 19.5 Å². The van der Waals surface area contributed by atoms with Crippen LogP contribution in [0.2, 0.25) is 0 Å². The van der Waals surface area contributed by atoms with Gasteiger partial charge in [-0.05, 0) is 37.1 Å². The molecule has 0 fully saturated rings. The molecule has 0 radical (unpaired) electrons. The molecule has 154 valence electrons. The number of nitrogens with zero attached hydrogens (tertiary/aromatic N) is 3. The van der Waals surface area contributed by atoms with Gasteiger partial charge in [0, 0.05) is 0 Å². The number of aryl methyl sites for hydroxylation is 2. The Labute approximate surface area is 193 Å². The van der Waals surface area contributed by atoms with Gasteiger partial charge in [0.05, 0.1) is 24.2 Å². The van der Waals surface area contributed by atoms with Gasteiger partial charge in [0.2, 0.25) is 0 Å². The molecule has 2 aliphatic heterocycles. The first-order valence-corrected chi connectivity index (χ1v) is 8.29. The summed E-state index contributed by atoms with van der Waals surface area (Å²) in [5.41, 5.74) is 1.11. The Hall–Kier alpha value is -1.37. The van der Waals surface area contributed by atoms with E-state index in [1.165, 1.54) is 4.57 Å². The maximum atomic E-state index is 12.2. The second kappa shape index (κ2) is 10.1. The van der Waals surface area contributed by atoms with Crippen LogP contribution in [0, 0.1) is 13.8 Å². The minimum atomic E-state index is -1.64. The van der Waals surface area contributed by atoms with E-state index < -0.39 is 36.2 Å². The average Bonchev–Trinajstić information content (AvgIpc) is 2.62. The van der Waals surface area contributed by atoms with Crippen molar-refractivity contribution in [3.63, 3.8) is 0 Å². The van der Waals surface area contributed by atoms with Crippen molar-refractivity contribution in [3.8, 4) is 11.5 Å². The van der Waals surface area contributed by atoms with E-state index in [-0.39, 0.29) is 60.0 Å². The van der Waals surface area contributed by atoms with Crippen LogP contribution in [0.4, 0.5) is 0 Å². The summed E-state index contributed by atoms with van der Waals surface area (Å²) >= 11 is 0. The number of benzene rings is 1. The minimum absolute atomic E-state index is 0. The molecule has 2 aliphatic rings. The third kappa shape index (κ3) is 5.04. The number of H-pyrrole nitrogens is 1. The van der Waals surface area contributed by atoms with E-state index in [2.05, 4.69) is 15.0 Å². The van der Waals surface area contributed by atoms with Crippen LogP contribution in [0.25, 0.3) is 22.6 Å². The number of aromatic nitrogens is 4. The van der Waals surface area contributed by atoms with Gasteiger partial charge in [0.1, 0.15) is 18.3 Å². The quantitative estimate of drug-likeness (QED) is 0.228. The fourth-order valence-electron chi connectivity index (χ4n) is 2.89. The molecule has 5 N–H and O–H groups in total. The number of aliphatic hydroxyl groups excluding tert-OH is 4. The molecule has 10 nitrogen and oxygen atoms in total. The molecule has 0 aromatic heterocycles. The van der Waals surface area contributed by atoms with Gasteiger partial charge in [-0.1, -0.05) is 0 Å². The maximum absolute atomic E-state index is 12.2. The standard InChI is InChI=1S/C17H20N4O6.ClH.Na.H/c1-7-3-9-10(4-8(7)2)21(5-11(23)14(25)12(24)6-22)15-13(18-9)16(26)20-17(27)19-15;;;/h3-4,11-12,14,22-25H,5-6H2,1-2H3,(H,20,26,27);1H;;/t11-,12+,14-;;;/m0.../s1. The molecule has 2 heterocycles. The zero-order valence-electron chi connectivity index (χ0n) is 15.2. The first kappa shape index (κ1) is 25.7. The Morgan fingerprint density at radius 3 is 2.31 bits per heavy atom. The number of nitrogens with one attached hydrogen (secondary N) is 1. The van der Waals surface area contributed by atoms with Gasteiger partial charge >= 0.3 is 35.2 Å². The first-order valence-electron chi connectivity index (χ1n) is 8.29. The Balaban J connectivity index is 0.00000210. The molecular formula is C17H22ClN4NaO6. The summed E-state index contributed by atoms with van der Waals surface area (Å²) in [6.07, 6.45) is -4.68. The van der Waals surface area contributed by atoms with Gasteiger partial charge in [0.25, 0.3) is 5.56 Å². The van der Waals surface area contributed by atoms with E-state index in [9.17, 15) is 24.9 Å². The van der Waals surface area contributed by atoms with Crippen molar-refractivity contribution < 1.29 is 20.4 Å². The van der Waals surface area contributed by atoms with Gasteiger partial charge < -0.3 is 25.0 Å². The number of hydrogen-bond donors (Lipinski definition) is 5. The second-order valence-corrected chi connectivity index (χ2v) is 6.50. The van der Waals surface area contributed by atoms with Gasteiger partial charge in [0.15, 0.2) is 11.5 Å². The molecule has 3 atom stereocenters. The number of rotatable bonds is 5. The molecule has 0 spiro atoms. The van der Waals surface area contributed by atoms with Gasteiger partial charge in [-0.2, -0.15) is 4.98 Å². The Kier molecular flexibility index (Phi) is 8.93. The molecule has 1 aromatic carbocycles. The van der Waals surface area contributed by atoms with E-state index in [4.69, 9.17) is 5.11 Å². The van der Waals surface area contributed by atoms with Crippen LogP contribution in [-0.2, 0) is 6.54 Å². The third-order valence-electron chi connectivity index (χ3n) is 4.57. The molecule has 0 aliphatic carbocycles. The van der Waals surface area contributed by atoms with Crippen LogP contribution >= 0.6 is 12.4 Å². The van der Waals surface area contributed by atoms with Crippen molar-refractivity contribution in [1.29, 1.82) is 0 Å². The third-order valence-corrected chi connectivity index (χ3v) is 4.57. The van der Waals surface area contributed by atoms with E-state index >= 15 is 0 Å². The summed E-state index contributed by atoms with van der Waals surface area (Å²) in [5.74, 6) is -0.0516. The van der Waals surface area contributed by atoms with Crippen molar-refractivity contribution in [2.45, 2.75) is 38.7 Å². The molecule has 0 saturated heterocycles. The summed E-state index contributed by atoms with van der Waals surface area (Å²) in [7, 11) is 0. The number of halogens is 1. The van der Waals surface area contributed by atoms with E-state index in [0.29, 0.717) is 11.0 Å². The summed E-state index contributed by atoms with van der Waals surface area (Å²) < 4.78 is 1.40. The van der Waals surface area contributed by atoms with Crippen LogP contribution in [0.1, 0.15) is 11.1 Å². The zero-order valence-corrected chi connectivity index (χ0v) is 16.0. The van der Waals surface area contributed by atoms with Crippen LogP contribution in [0.5, 0.6) is 0 Å². The van der Waals surface area contributed by atoms with Crippen LogP contribution < -0.4 is 11.2 Å². The van der Waals surface area contributed by atoms with E-state index in [1.807, 2.05) is 13.8 Å². The van der Waals surface area contributed by atoms with Crippen molar-refractivity contribution in [3.05, 3.63) is 44.1 Å². The molecule has 0 unspecified atom stereocenters. The summed E-state index contributed by atoms with van der Waals surface area (Å²) in [4.78, 5) is 34.0. The predicted octanol–water partition coefficient (Wildman–Crippen LogP) is -1.95. The molecule has 0 saturated carbocycles. The fraction of sp³-hybridized carbons (Fsp3) is 0.412. The van der Waals surface area contributed by atoms with Crippen molar-refractivity contribution in [2.75, 3.05) is 6.61 Å². The van der Waals surface area contributed by atoms with E-state index in [0.717, 1.165) is 11.1 Å². The van der Waals surface area contributed by atoms with Gasteiger partial charge in [-0.3, -0.25) is 9.78 Å². The number of fused-ring (bicyclic) bond motifs is 2.